The van der Waals surface area contributed by atoms with Gasteiger partial charge >= 0.3 is 5.97 Å². The SMILES string of the molecule is C=C(C(=O)OC)C(NS(=O)(=O)CC[Si](C)(C)C)c1cccc(F)c1. The number of carbonyl (C=O) groups excluding carboxylic acids is 1. The highest BCUT2D eigenvalue weighted by Crippen LogP contribution is 2.24. The second-order valence-electron chi connectivity index (χ2n) is 6.75. The minimum absolute atomic E-state index is 0.0526. The van der Waals surface area contributed by atoms with Crippen molar-refractivity contribution in [3.63, 3.8) is 0 Å². The summed E-state index contributed by atoms with van der Waals surface area (Å²) in [6.07, 6.45) is 0. The fraction of sp³-hybridized carbons (Fsp3) is 0.438. The summed E-state index contributed by atoms with van der Waals surface area (Å²) in [5, 5.41) is 0. The minimum Gasteiger partial charge on any atom is -0.466 e. The largest absolute Gasteiger partial charge is 0.466 e. The first-order chi connectivity index (χ1) is 10.9. The number of halogens is 1. The number of ether oxygens (including phenoxy) is 1. The molecular formula is C16H24FNO4SSi. The van der Waals surface area contributed by atoms with Gasteiger partial charge in [0.1, 0.15) is 5.82 Å². The summed E-state index contributed by atoms with van der Waals surface area (Å²) in [6, 6.07) is 4.88. The Hall–Kier alpha value is -1.51. The van der Waals surface area contributed by atoms with Crippen molar-refractivity contribution in [1.29, 1.82) is 0 Å². The highest BCUT2D eigenvalue weighted by Gasteiger charge is 2.28. The number of hydrogen-bond donors (Lipinski definition) is 1. The van der Waals surface area contributed by atoms with Gasteiger partial charge in [-0.2, -0.15) is 0 Å². The Labute approximate surface area is 144 Å². The molecule has 1 unspecified atom stereocenters. The van der Waals surface area contributed by atoms with Crippen molar-refractivity contribution in [2.24, 2.45) is 0 Å². The molecule has 0 saturated heterocycles. The molecule has 1 rings (SSSR count). The molecule has 0 aliphatic heterocycles. The van der Waals surface area contributed by atoms with Crippen molar-refractivity contribution >= 4 is 24.1 Å². The highest BCUT2D eigenvalue weighted by molar-refractivity contribution is 7.89. The van der Waals surface area contributed by atoms with Gasteiger partial charge in [0, 0.05) is 8.07 Å². The van der Waals surface area contributed by atoms with E-state index in [4.69, 9.17) is 0 Å². The molecule has 5 nitrogen and oxygen atoms in total. The molecule has 0 fully saturated rings. The van der Waals surface area contributed by atoms with Gasteiger partial charge in [-0.05, 0) is 23.7 Å². The molecule has 1 N–H and O–H groups in total. The van der Waals surface area contributed by atoms with Gasteiger partial charge in [-0.3, -0.25) is 0 Å². The molecule has 24 heavy (non-hydrogen) atoms. The number of methoxy groups -OCH3 is 1. The molecule has 0 saturated carbocycles. The predicted octanol–water partition coefficient (Wildman–Crippen LogP) is 2.85. The van der Waals surface area contributed by atoms with Crippen LogP contribution in [0.5, 0.6) is 0 Å². The number of rotatable bonds is 8. The Balaban J connectivity index is 3.10. The molecule has 8 heteroatoms. The van der Waals surface area contributed by atoms with Crippen molar-refractivity contribution in [3.05, 3.63) is 47.8 Å². The maximum absolute atomic E-state index is 13.5. The third kappa shape index (κ3) is 6.54. The van der Waals surface area contributed by atoms with Crippen molar-refractivity contribution < 1.29 is 22.3 Å². The fourth-order valence-corrected chi connectivity index (χ4v) is 6.23. The molecule has 0 spiro atoms. The van der Waals surface area contributed by atoms with Gasteiger partial charge in [0.2, 0.25) is 10.0 Å². The number of benzene rings is 1. The number of carbonyl (C=O) groups is 1. The monoisotopic (exact) mass is 373 g/mol. The fourth-order valence-electron chi connectivity index (χ4n) is 1.95. The summed E-state index contributed by atoms with van der Waals surface area (Å²) in [7, 11) is -4.05. The second kappa shape index (κ2) is 8.04. The van der Waals surface area contributed by atoms with Gasteiger partial charge < -0.3 is 4.74 Å². The van der Waals surface area contributed by atoms with E-state index in [0.717, 1.165) is 0 Å². The number of hydrogen-bond acceptors (Lipinski definition) is 4. The molecule has 0 aliphatic rings. The lowest BCUT2D eigenvalue weighted by Crippen LogP contribution is -2.35. The molecule has 134 valence electrons. The normalized spacial score (nSPS) is 13.4. The highest BCUT2D eigenvalue weighted by atomic mass is 32.2. The first kappa shape index (κ1) is 20.5. The summed E-state index contributed by atoms with van der Waals surface area (Å²) in [6.45, 7) is 9.82. The predicted molar refractivity (Wildman–Crippen MR) is 95.4 cm³/mol. The van der Waals surface area contributed by atoms with E-state index in [1.54, 1.807) is 0 Å². The molecule has 0 aromatic heterocycles. The van der Waals surface area contributed by atoms with E-state index >= 15 is 0 Å². The first-order valence-corrected chi connectivity index (χ1v) is 12.8. The molecule has 1 aromatic rings. The lowest BCUT2D eigenvalue weighted by Gasteiger charge is -2.22. The summed E-state index contributed by atoms with van der Waals surface area (Å²) < 4.78 is 45.3. The average molecular weight is 374 g/mol. The molecule has 1 atom stereocenters. The van der Waals surface area contributed by atoms with Crippen molar-refractivity contribution in [2.75, 3.05) is 12.9 Å². The smallest absolute Gasteiger partial charge is 0.335 e. The van der Waals surface area contributed by atoms with E-state index in [0.29, 0.717) is 11.6 Å². The number of esters is 1. The van der Waals surface area contributed by atoms with E-state index < -0.39 is 35.9 Å². The van der Waals surface area contributed by atoms with Crippen LogP contribution in [0.25, 0.3) is 0 Å². The summed E-state index contributed by atoms with van der Waals surface area (Å²) in [5.74, 6) is -1.34. The summed E-state index contributed by atoms with van der Waals surface area (Å²) in [5.41, 5.74) is 0.196. The first-order valence-electron chi connectivity index (χ1n) is 7.48. The maximum atomic E-state index is 13.5. The Morgan fingerprint density at radius 1 is 1.38 bits per heavy atom. The standard InChI is InChI=1S/C16H24FNO4SSi/c1-12(16(19)22-2)15(13-7-6-8-14(17)11-13)18-23(20,21)9-10-24(3,4)5/h6-8,11,15,18H,1,9-10H2,2-5H3. The minimum atomic E-state index is -3.67. The Bertz CT molecular complexity index is 713. The lowest BCUT2D eigenvalue weighted by molar-refractivity contribution is -0.136. The quantitative estimate of drug-likeness (QED) is 0.432. The molecule has 0 bridgehead atoms. The Morgan fingerprint density at radius 3 is 2.50 bits per heavy atom. The third-order valence-corrected chi connectivity index (χ3v) is 6.85. The van der Waals surface area contributed by atoms with Gasteiger partial charge in [0.05, 0.1) is 24.5 Å². The van der Waals surface area contributed by atoms with Crippen LogP contribution in [-0.2, 0) is 19.6 Å². The molecule has 1 aromatic carbocycles. The summed E-state index contributed by atoms with van der Waals surface area (Å²) in [4.78, 5) is 11.8. The molecule has 0 radical (unpaired) electrons. The van der Waals surface area contributed by atoms with E-state index in [1.807, 2.05) is 0 Å². The van der Waals surface area contributed by atoms with Crippen LogP contribution in [0.15, 0.2) is 36.4 Å². The topological polar surface area (TPSA) is 72.5 Å². The maximum Gasteiger partial charge on any atom is 0.335 e. The zero-order chi connectivity index (χ0) is 18.5. The van der Waals surface area contributed by atoms with Gasteiger partial charge in [-0.15, -0.1) is 0 Å². The van der Waals surface area contributed by atoms with Crippen LogP contribution < -0.4 is 4.72 Å². The van der Waals surface area contributed by atoms with Crippen LogP contribution in [-0.4, -0.2) is 35.3 Å². The van der Waals surface area contributed by atoms with Crippen LogP contribution in [0.2, 0.25) is 25.7 Å². The molecular weight excluding hydrogens is 349 g/mol. The van der Waals surface area contributed by atoms with E-state index in [-0.39, 0.29) is 11.3 Å². The van der Waals surface area contributed by atoms with Crippen molar-refractivity contribution in [1.82, 2.24) is 4.72 Å². The molecule has 0 aliphatic carbocycles. The van der Waals surface area contributed by atoms with Crippen molar-refractivity contribution in [3.8, 4) is 0 Å². The second-order valence-corrected chi connectivity index (χ2v) is 14.2. The molecule has 0 heterocycles. The number of sulfonamides is 1. The van der Waals surface area contributed by atoms with Crippen LogP contribution in [0.1, 0.15) is 11.6 Å². The van der Waals surface area contributed by atoms with Gasteiger partial charge in [0.25, 0.3) is 0 Å². The van der Waals surface area contributed by atoms with E-state index in [9.17, 15) is 17.6 Å². The third-order valence-electron chi connectivity index (χ3n) is 3.40. The van der Waals surface area contributed by atoms with Crippen LogP contribution in [0, 0.1) is 5.82 Å². The van der Waals surface area contributed by atoms with Crippen LogP contribution in [0.4, 0.5) is 4.39 Å². The van der Waals surface area contributed by atoms with Gasteiger partial charge in [0.15, 0.2) is 0 Å². The average Bonchev–Trinajstić information content (AvgIpc) is 2.49. The zero-order valence-corrected chi connectivity index (χ0v) is 16.2. The van der Waals surface area contributed by atoms with Crippen molar-refractivity contribution in [2.45, 2.75) is 31.7 Å². The lowest BCUT2D eigenvalue weighted by atomic mass is 10.0. The van der Waals surface area contributed by atoms with E-state index in [2.05, 4.69) is 35.7 Å². The van der Waals surface area contributed by atoms with E-state index in [1.165, 1.54) is 31.4 Å². The zero-order valence-electron chi connectivity index (χ0n) is 14.4. The van der Waals surface area contributed by atoms with Crippen LogP contribution in [0.3, 0.4) is 0 Å². The Kier molecular flexibility index (Phi) is 6.88. The van der Waals surface area contributed by atoms with Crippen LogP contribution >= 0.6 is 0 Å². The summed E-state index contributed by atoms with van der Waals surface area (Å²) >= 11 is 0. The number of nitrogens with one attached hydrogen (secondary N) is 1. The molecule has 0 amide bonds. The Morgan fingerprint density at radius 2 is 2.00 bits per heavy atom. The van der Waals surface area contributed by atoms with Gasteiger partial charge in [-0.1, -0.05) is 38.4 Å². The van der Waals surface area contributed by atoms with Gasteiger partial charge in [-0.25, -0.2) is 22.3 Å².